The van der Waals surface area contributed by atoms with Crippen LogP contribution in [0.5, 0.6) is 11.6 Å². The zero-order chi connectivity index (χ0) is 13.8. The number of hydrogen-bond donors (Lipinski definition) is 1. The molecule has 0 aromatic carbocycles. The van der Waals surface area contributed by atoms with Gasteiger partial charge in [-0.15, -0.1) is 0 Å². The fourth-order valence-electron chi connectivity index (χ4n) is 1.38. The number of nitrogen functional groups attached to an aromatic ring is 1. The van der Waals surface area contributed by atoms with Crippen molar-refractivity contribution in [3.05, 3.63) is 47.9 Å². The standard InChI is InChI=1S/C13H12ClN3O2/c1-8(18-2)9-3-11(7-16-5-9)19-13-12(15)4-10(14)6-17-13/h3-7H,1,15H2,2H3. The fourth-order valence-corrected chi connectivity index (χ4v) is 1.55. The first-order valence-electron chi connectivity index (χ1n) is 5.37. The summed E-state index contributed by atoms with van der Waals surface area (Å²) >= 11 is 5.77. The second kappa shape index (κ2) is 5.58. The van der Waals surface area contributed by atoms with Crippen LogP contribution in [0.1, 0.15) is 5.56 Å². The Labute approximate surface area is 115 Å². The maximum atomic E-state index is 5.77. The van der Waals surface area contributed by atoms with E-state index in [1.807, 2.05) is 0 Å². The number of methoxy groups -OCH3 is 1. The van der Waals surface area contributed by atoms with Gasteiger partial charge in [-0.2, -0.15) is 0 Å². The Kier molecular flexibility index (Phi) is 3.87. The van der Waals surface area contributed by atoms with E-state index in [1.54, 1.807) is 24.5 Å². The SMILES string of the molecule is C=C(OC)c1cncc(Oc2ncc(Cl)cc2N)c1. The van der Waals surface area contributed by atoms with Crippen molar-refractivity contribution in [2.45, 2.75) is 0 Å². The summed E-state index contributed by atoms with van der Waals surface area (Å²) in [7, 11) is 1.54. The molecule has 0 atom stereocenters. The lowest BCUT2D eigenvalue weighted by Crippen LogP contribution is -1.96. The first-order chi connectivity index (χ1) is 9.10. The number of anilines is 1. The van der Waals surface area contributed by atoms with Crippen LogP contribution in [0, 0.1) is 0 Å². The Bertz CT molecular complexity index is 617. The molecule has 0 unspecified atom stereocenters. The predicted molar refractivity (Wildman–Crippen MR) is 74.0 cm³/mol. The van der Waals surface area contributed by atoms with Crippen LogP contribution >= 0.6 is 11.6 Å². The highest BCUT2D eigenvalue weighted by atomic mass is 35.5. The summed E-state index contributed by atoms with van der Waals surface area (Å²) in [4.78, 5) is 8.04. The van der Waals surface area contributed by atoms with Gasteiger partial charge in [0, 0.05) is 18.0 Å². The molecule has 0 saturated carbocycles. The number of ether oxygens (including phenoxy) is 2. The molecule has 0 saturated heterocycles. The summed E-state index contributed by atoms with van der Waals surface area (Å²) in [5.41, 5.74) is 6.82. The quantitative estimate of drug-likeness (QED) is 0.870. The van der Waals surface area contributed by atoms with Gasteiger partial charge in [-0.1, -0.05) is 18.2 Å². The van der Waals surface area contributed by atoms with Gasteiger partial charge in [0.15, 0.2) is 0 Å². The molecule has 0 bridgehead atoms. The normalized spacial score (nSPS) is 10.0. The smallest absolute Gasteiger partial charge is 0.242 e. The molecule has 0 spiro atoms. The molecule has 2 rings (SSSR count). The highest BCUT2D eigenvalue weighted by Crippen LogP contribution is 2.27. The lowest BCUT2D eigenvalue weighted by Gasteiger charge is -2.09. The molecule has 6 heteroatoms. The first kappa shape index (κ1) is 13.2. The molecule has 2 aromatic rings. The van der Waals surface area contributed by atoms with Gasteiger partial charge in [0.1, 0.15) is 11.5 Å². The Morgan fingerprint density at radius 3 is 2.79 bits per heavy atom. The highest BCUT2D eigenvalue weighted by molar-refractivity contribution is 6.30. The van der Waals surface area contributed by atoms with Gasteiger partial charge in [-0.25, -0.2) is 4.98 Å². The number of nitrogens with zero attached hydrogens (tertiary/aromatic N) is 2. The lowest BCUT2D eigenvalue weighted by molar-refractivity contribution is 0.370. The van der Waals surface area contributed by atoms with Gasteiger partial charge in [0.2, 0.25) is 5.88 Å². The molecule has 0 aliphatic heterocycles. The number of rotatable bonds is 4. The third-order valence-electron chi connectivity index (χ3n) is 2.34. The Hall–Kier alpha value is -2.27. The van der Waals surface area contributed by atoms with Gasteiger partial charge < -0.3 is 15.2 Å². The van der Waals surface area contributed by atoms with E-state index in [-0.39, 0.29) is 5.88 Å². The Morgan fingerprint density at radius 2 is 2.11 bits per heavy atom. The summed E-state index contributed by atoms with van der Waals surface area (Å²) in [6.45, 7) is 3.75. The number of pyridine rings is 2. The summed E-state index contributed by atoms with van der Waals surface area (Å²) < 4.78 is 10.6. The van der Waals surface area contributed by atoms with Gasteiger partial charge in [0.25, 0.3) is 0 Å². The molecule has 19 heavy (non-hydrogen) atoms. The topological polar surface area (TPSA) is 70.3 Å². The van der Waals surface area contributed by atoms with E-state index in [9.17, 15) is 0 Å². The lowest BCUT2D eigenvalue weighted by atomic mass is 10.2. The van der Waals surface area contributed by atoms with Crippen LogP contribution in [-0.2, 0) is 4.74 Å². The fraction of sp³-hybridized carbons (Fsp3) is 0.0769. The molecule has 0 aliphatic carbocycles. The van der Waals surface area contributed by atoms with Crippen LogP contribution in [0.4, 0.5) is 5.69 Å². The summed E-state index contributed by atoms with van der Waals surface area (Å²) in [6.07, 6.45) is 4.62. The Balaban J connectivity index is 2.26. The van der Waals surface area contributed by atoms with E-state index in [4.69, 9.17) is 26.8 Å². The Morgan fingerprint density at radius 1 is 1.32 bits per heavy atom. The first-order valence-corrected chi connectivity index (χ1v) is 5.75. The van der Waals surface area contributed by atoms with Crippen LogP contribution < -0.4 is 10.5 Å². The van der Waals surface area contributed by atoms with Crippen LogP contribution in [0.3, 0.4) is 0 Å². The molecule has 98 valence electrons. The molecular weight excluding hydrogens is 266 g/mol. The summed E-state index contributed by atoms with van der Waals surface area (Å²) in [5, 5.41) is 0.449. The van der Waals surface area contributed by atoms with Crippen molar-refractivity contribution in [2.24, 2.45) is 0 Å². The van der Waals surface area contributed by atoms with Gasteiger partial charge in [-0.05, 0) is 12.1 Å². The summed E-state index contributed by atoms with van der Waals surface area (Å²) in [5.74, 6) is 1.25. The maximum absolute atomic E-state index is 5.77. The average molecular weight is 278 g/mol. The number of nitrogens with two attached hydrogens (primary N) is 1. The zero-order valence-electron chi connectivity index (χ0n) is 10.3. The minimum absolute atomic E-state index is 0.270. The molecule has 5 nitrogen and oxygen atoms in total. The predicted octanol–water partition coefficient (Wildman–Crippen LogP) is 3.12. The monoisotopic (exact) mass is 277 g/mol. The third-order valence-corrected chi connectivity index (χ3v) is 2.55. The minimum Gasteiger partial charge on any atom is -0.497 e. The molecule has 0 fully saturated rings. The van der Waals surface area contributed by atoms with Crippen LogP contribution in [0.25, 0.3) is 5.76 Å². The van der Waals surface area contributed by atoms with Gasteiger partial charge in [-0.3, -0.25) is 4.98 Å². The van der Waals surface area contributed by atoms with Crippen molar-refractivity contribution in [1.82, 2.24) is 9.97 Å². The highest BCUT2D eigenvalue weighted by Gasteiger charge is 2.07. The number of halogens is 1. The van der Waals surface area contributed by atoms with Crippen molar-refractivity contribution in [1.29, 1.82) is 0 Å². The van der Waals surface area contributed by atoms with Crippen LogP contribution in [0.2, 0.25) is 5.02 Å². The van der Waals surface area contributed by atoms with E-state index < -0.39 is 0 Å². The average Bonchev–Trinajstić information content (AvgIpc) is 2.41. The van der Waals surface area contributed by atoms with Crippen LogP contribution in [-0.4, -0.2) is 17.1 Å². The van der Waals surface area contributed by atoms with Crippen molar-refractivity contribution in [2.75, 3.05) is 12.8 Å². The molecule has 0 aliphatic rings. The van der Waals surface area contributed by atoms with E-state index in [1.165, 1.54) is 13.3 Å². The maximum Gasteiger partial charge on any atom is 0.242 e. The molecule has 2 heterocycles. The van der Waals surface area contributed by atoms with Crippen molar-refractivity contribution >= 4 is 23.0 Å². The van der Waals surface area contributed by atoms with Crippen molar-refractivity contribution < 1.29 is 9.47 Å². The number of hydrogen-bond acceptors (Lipinski definition) is 5. The van der Waals surface area contributed by atoms with E-state index in [0.29, 0.717) is 27.8 Å². The van der Waals surface area contributed by atoms with Gasteiger partial charge >= 0.3 is 0 Å². The van der Waals surface area contributed by atoms with E-state index in [2.05, 4.69) is 16.5 Å². The van der Waals surface area contributed by atoms with Crippen LogP contribution in [0.15, 0.2) is 37.3 Å². The van der Waals surface area contributed by atoms with E-state index in [0.717, 1.165) is 0 Å². The molecule has 0 amide bonds. The third kappa shape index (κ3) is 3.14. The largest absolute Gasteiger partial charge is 0.497 e. The minimum atomic E-state index is 0.270. The van der Waals surface area contributed by atoms with E-state index >= 15 is 0 Å². The molecule has 2 N–H and O–H groups in total. The second-order valence-corrected chi connectivity index (χ2v) is 4.12. The zero-order valence-corrected chi connectivity index (χ0v) is 11.0. The van der Waals surface area contributed by atoms with Crippen molar-refractivity contribution in [3.8, 4) is 11.6 Å². The second-order valence-electron chi connectivity index (χ2n) is 3.69. The van der Waals surface area contributed by atoms with Crippen molar-refractivity contribution in [3.63, 3.8) is 0 Å². The molecule has 2 aromatic heterocycles. The molecular formula is C13H12ClN3O2. The van der Waals surface area contributed by atoms with Gasteiger partial charge in [0.05, 0.1) is 24.0 Å². The summed E-state index contributed by atoms with van der Waals surface area (Å²) in [6, 6.07) is 3.30. The number of aromatic nitrogens is 2. The molecule has 0 radical (unpaired) electrons.